The Hall–Kier alpha value is -2.75. The zero-order valence-corrected chi connectivity index (χ0v) is 15.2. The number of aromatic nitrogens is 1. The SMILES string of the molecule is O=C(Nc1cnc2ccccc2c1F)C1(Cc2ccccc2)CCCCC1. The number of hydrogen-bond donors (Lipinski definition) is 1. The van der Waals surface area contributed by atoms with Gasteiger partial charge in [0.1, 0.15) is 0 Å². The molecule has 1 aliphatic carbocycles. The van der Waals surface area contributed by atoms with Crippen LogP contribution in [0.1, 0.15) is 37.7 Å². The Bertz CT molecular complexity index is 949. The first-order chi connectivity index (χ1) is 13.2. The highest BCUT2D eigenvalue weighted by Crippen LogP contribution is 2.40. The van der Waals surface area contributed by atoms with Gasteiger partial charge in [-0.15, -0.1) is 0 Å². The maximum absolute atomic E-state index is 14.9. The molecule has 27 heavy (non-hydrogen) atoms. The topological polar surface area (TPSA) is 42.0 Å². The molecule has 0 atom stereocenters. The third-order valence-electron chi connectivity index (χ3n) is 5.64. The summed E-state index contributed by atoms with van der Waals surface area (Å²) < 4.78 is 14.9. The summed E-state index contributed by atoms with van der Waals surface area (Å²) in [7, 11) is 0. The molecule has 0 spiro atoms. The van der Waals surface area contributed by atoms with Crippen LogP contribution in [0.3, 0.4) is 0 Å². The molecule has 0 saturated heterocycles. The van der Waals surface area contributed by atoms with Crippen LogP contribution in [0, 0.1) is 11.2 Å². The average molecular weight is 362 g/mol. The Balaban J connectivity index is 1.63. The lowest BCUT2D eigenvalue weighted by molar-refractivity contribution is -0.127. The highest BCUT2D eigenvalue weighted by molar-refractivity contribution is 5.97. The van der Waals surface area contributed by atoms with Gasteiger partial charge in [0.2, 0.25) is 5.91 Å². The number of fused-ring (bicyclic) bond motifs is 1. The molecule has 1 aliphatic rings. The average Bonchev–Trinajstić information content (AvgIpc) is 2.72. The quantitative estimate of drug-likeness (QED) is 0.665. The van der Waals surface area contributed by atoms with E-state index in [4.69, 9.17) is 0 Å². The fourth-order valence-electron chi connectivity index (χ4n) is 4.15. The summed E-state index contributed by atoms with van der Waals surface area (Å²) in [6, 6.07) is 17.1. The Kier molecular flexibility index (Phi) is 4.88. The van der Waals surface area contributed by atoms with E-state index in [2.05, 4.69) is 22.4 Å². The molecule has 1 heterocycles. The molecule has 0 bridgehead atoms. The van der Waals surface area contributed by atoms with Crippen molar-refractivity contribution in [1.29, 1.82) is 0 Å². The van der Waals surface area contributed by atoms with Crippen LogP contribution in [0.2, 0.25) is 0 Å². The van der Waals surface area contributed by atoms with Crippen molar-refractivity contribution in [2.75, 3.05) is 5.32 Å². The molecule has 138 valence electrons. The summed E-state index contributed by atoms with van der Waals surface area (Å²) in [5, 5.41) is 3.28. The summed E-state index contributed by atoms with van der Waals surface area (Å²) in [5.41, 5.74) is 1.41. The van der Waals surface area contributed by atoms with E-state index in [1.807, 2.05) is 24.3 Å². The minimum Gasteiger partial charge on any atom is -0.322 e. The van der Waals surface area contributed by atoms with E-state index in [1.165, 1.54) is 6.20 Å². The van der Waals surface area contributed by atoms with Crippen molar-refractivity contribution in [3.05, 3.63) is 72.2 Å². The zero-order valence-electron chi connectivity index (χ0n) is 15.2. The number of rotatable bonds is 4. The number of nitrogens with one attached hydrogen (secondary N) is 1. The number of anilines is 1. The number of para-hydroxylation sites is 1. The van der Waals surface area contributed by atoms with E-state index in [1.54, 1.807) is 18.2 Å². The number of nitrogens with zero attached hydrogens (tertiary/aromatic N) is 1. The standard InChI is InChI=1S/C23H23FN2O/c24-21-18-11-5-6-12-19(18)25-16-20(21)26-22(27)23(13-7-2-8-14-23)15-17-9-3-1-4-10-17/h1,3-6,9-12,16H,2,7-8,13-15H2,(H,26,27). The number of pyridine rings is 1. The first kappa shape index (κ1) is 17.7. The van der Waals surface area contributed by atoms with Crippen LogP contribution in [0.5, 0.6) is 0 Å². The first-order valence-corrected chi connectivity index (χ1v) is 9.57. The Labute approximate surface area is 158 Å². The van der Waals surface area contributed by atoms with Crippen molar-refractivity contribution >= 4 is 22.5 Å². The summed E-state index contributed by atoms with van der Waals surface area (Å²) in [6.45, 7) is 0. The van der Waals surface area contributed by atoms with Crippen molar-refractivity contribution in [2.45, 2.75) is 38.5 Å². The number of amides is 1. The lowest BCUT2D eigenvalue weighted by atomic mass is 9.69. The van der Waals surface area contributed by atoms with E-state index >= 15 is 0 Å². The van der Waals surface area contributed by atoms with Crippen LogP contribution in [-0.4, -0.2) is 10.9 Å². The van der Waals surface area contributed by atoms with Gasteiger partial charge in [0, 0.05) is 5.39 Å². The fourth-order valence-corrected chi connectivity index (χ4v) is 4.15. The largest absolute Gasteiger partial charge is 0.322 e. The summed E-state index contributed by atoms with van der Waals surface area (Å²) in [4.78, 5) is 17.6. The number of carbonyl (C=O) groups is 1. The van der Waals surface area contributed by atoms with Gasteiger partial charge in [0.05, 0.1) is 22.8 Å². The third kappa shape index (κ3) is 3.57. The second kappa shape index (κ2) is 7.47. The molecule has 1 aromatic heterocycles. The van der Waals surface area contributed by atoms with Gasteiger partial charge in [-0.1, -0.05) is 61.7 Å². The lowest BCUT2D eigenvalue weighted by Gasteiger charge is -2.36. The number of halogens is 1. The molecule has 3 nitrogen and oxygen atoms in total. The third-order valence-corrected chi connectivity index (χ3v) is 5.64. The minimum atomic E-state index is -0.488. The van der Waals surface area contributed by atoms with Crippen LogP contribution in [0.15, 0.2) is 60.8 Å². The maximum atomic E-state index is 14.9. The van der Waals surface area contributed by atoms with Gasteiger partial charge in [0.25, 0.3) is 0 Å². The van der Waals surface area contributed by atoms with E-state index in [9.17, 15) is 9.18 Å². The molecular formula is C23H23FN2O. The van der Waals surface area contributed by atoms with Crippen LogP contribution < -0.4 is 5.32 Å². The van der Waals surface area contributed by atoms with E-state index in [0.29, 0.717) is 17.3 Å². The van der Waals surface area contributed by atoms with Gasteiger partial charge in [-0.3, -0.25) is 9.78 Å². The second-order valence-electron chi connectivity index (χ2n) is 7.46. The Morgan fingerprint density at radius 3 is 2.48 bits per heavy atom. The van der Waals surface area contributed by atoms with Crippen LogP contribution in [0.25, 0.3) is 10.9 Å². The number of benzene rings is 2. The van der Waals surface area contributed by atoms with E-state index in [-0.39, 0.29) is 11.6 Å². The molecule has 1 saturated carbocycles. The molecule has 2 aromatic carbocycles. The molecule has 0 aliphatic heterocycles. The normalized spacial score (nSPS) is 16.2. The fraction of sp³-hybridized carbons (Fsp3) is 0.304. The van der Waals surface area contributed by atoms with Crippen LogP contribution >= 0.6 is 0 Å². The second-order valence-corrected chi connectivity index (χ2v) is 7.46. The van der Waals surface area contributed by atoms with Gasteiger partial charge >= 0.3 is 0 Å². The molecule has 0 radical (unpaired) electrons. The van der Waals surface area contributed by atoms with Crippen molar-refractivity contribution < 1.29 is 9.18 Å². The van der Waals surface area contributed by atoms with Gasteiger partial charge in [-0.2, -0.15) is 0 Å². The minimum absolute atomic E-state index is 0.0953. The van der Waals surface area contributed by atoms with Crippen molar-refractivity contribution in [2.24, 2.45) is 5.41 Å². The number of hydrogen-bond acceptors (Lipinski definition) is 2. The Morgan fingerprint density at radius 2 is 1.70 bits per heavy atom. The predicted molar refractivity (Wildman–Crippen MR) is 106 cm³/mol. The lowest BCUT2D eigenvalue weighted by Crippen LogP contribution is -2.40. The molecule has 1 fully saturated rings. The monoisotopic (exact) mass is 362 g/mol. The summed E-state index contributed by atoms with van der Waals surface area (Å²) >= 11 is 0. The van der Waals surface area contributed by atoms with Gasteiger partial charge in [-0.05, 0) is 37.0 Å². The van der Waals surface area contributed by atoms with Crippen molar-refractivity contribution in [3.63, 3.8) is 0 Å². The number of carbonyl (C=O) groups excluding carboxylic acids is 1. The van der Waals surface area contributed by atoms with Gasteiger partial charge < -0.3 is 5.32 Å². The Morgan fingerprint density at radius 1 is 1.00 bits per heavy atom. The molecule has 3 aromatic rings. The zero-order chi connectivity index (χ0) is 18.7. The van der Waals surface area contributed by atoms with Crippen LogP contribution in [-0.2, 0) is 11.2 Å². The molecule has 4 heteroatoms. The highest BCUT2D eigenvalue weighted by atomic mass is 19.1. The highest BCUT2D eigenvalue weighted by Gasteiger charge is 2.39. The molecular weight excluding hydrogens is 339 g/mol. The summed E-state index contributed by atoms with van der Waals surface area (Å²) in [5.74, 6) is -0.512. The maximum Gasteiger partial charge on any atom is 0.231 e. The molecule has 1 amide bonds. The molecule has 4 rings (SSSR count). The van der Waals surface area contributed by atoms with Gasteiger partial charge in [-0.25, -0.2) is 4.39 Å². The van der Waals surface area contributed by atoms with Gasteiger partial charge in [0.15, 0.2) is 5.82 Å². The van der Waals surface area contributed by atoms with Crippen LogP contribution in [0.4, 0.5) is 10.1 Å². The molecule has 1 N–H and O–H groups in total. The van der Waals surface area contributed by atoms with E-state index in [0.717, 1.165) is 37.7 Å². The van der Waals surface area contributed by atoms with Crippen molar-refractivity contribution in [1.82, 2.24) is 4.98 Å². The van der Waals surface area contributed by atoms with Crippen molar-refractivity contribution in [3.8, 4) is 0 Å². The first-order valence-electron chi connectivity index (χ1n) is 9.57. The smallest absolute Gasteiger partial charge is 0.231 e. The predicted octanol–water partition coefficient (Wildman–Crippen LogP) is 5.51. The molecule has 0 unspecified atom stereocenters. The summed E-state index contributed by atoms with van der Waals surface area (Å²) in [6.07, 6.45) is 6.97. The van der Waals surface area contributed by atoms with E-state index < -0.39 is 11.2 Å².